The van der Waals surface area contributed by atoms with Crippen molar-refractivity contribution in [1.82, 2.24) is 19.8 Å². The minimum atomic E-state index is -0.187. The molecule has 0 radical (unpaired) electrons. The van der Waals surface area contributed by atoms with Gasteiger partial charge in [0.25, 0.3) is 0 Å². The highest BCUT2D eigenvalue weighted by Gasteiger charge is 2.39. The summed E-state index contributed by atoms with van der Waals surface area (Å²) in [5.41, 5.74) is 1.79. The van der Waals surface area contributed by atoms with E-state index in [1.165, 1.54) is 0 Å². The zero-order valence-electron chi connectivity index (χ0n) is 17.6. The van der Waals surface area contributed by atoms with Crippen LogP contribution in [0.2, 0.25) is 0 Å². The first-order valence-electron chi connectivity index (χ1n) is 10.7. The summed E-state index contributed by atoms with van der Waals surface area (Å²) in [5, 5.41) is 2.88. The molecule has 1 atom stereocenters. The van der Waals surface area contributed by atoms with E-state index in [0.717, 1.165) is 55.6 Å². The topological polar surface area (TPSA) is 81.0 Å². The van der Waals surface area contributed by atoms with Crippen LogP contribution in [0.5, 0.6) is 11.5 Å². The highest BCUT2D eigenvalue weighted by Crippen LogP contribution is 2.41. The Morgan fingerprint density at radius 2 is 2.10 bits per heavy atom. The molecule has 1 unspecified atom stereocenters. The molecule has 2 aliphatic heterocycles. The molecule has 4 rings (SSSR count). The number of imidazole rings is 1. The third-order valence-corrected chi connectivity index (χ3v) is 5.66. The van der Waals surface area contributed by atoms with Crippen LogP contribution in [-0.2, 0) is 17.9 Å². The maximum atomic E-state index is 12.2. The quantitative estimate of drug-likeness (QED) is 0.607. The molecule has 0 bridgehead atoms. The number of aryl methyl sites for hydroxylation is 1. The molecule has 0 aliphatic carbocycles. The van der Waals surface area contributed by atoms with Crippen LogP contribution < -0.4 is 14.8 Å². The van der Waals surface area contributed by atoms with Crippen LogP contribution in [0.3, 0.4) is 0 Å². The summed E-state index contributed by atoms with van der Waals surface area (Å²) >= 11 is 0. The molecule has 3 heterocycles. The second kappa shape index (κ2) is 9.19. The van der Waals surface area contributed by atoms with Crippen LogP contribution in [0.4, 0.5) is 5.69 Å². The molecule has 2 aromatic rings. The SMILES string of the molecule is CCC1C(=O)NC2=Nc3ccc(OCCCCCCn4ccnc4)c(OC)c3CN21. The largest absolute Gasteiger partial charge is 0.492 e. The average molecular weight is 412 g/mol. The molecule has 0 saturated carbocycles. The van der Waals surface area contributed by atoms with E-state index < -0.39 is 0 Å². The summed E-state index contributed by atoms with van der Waals surface area (Å²) in [6.07, 6.45) is 10.8. The van der Waals surface area contributed by atoms with Crippen molar-refractivity contribution in [2.75, 3.05) is 13.7 Å². The van der Waals surface area contributed by atoms with Gasteiger partial charge in [0.05, 0.1) is 32.3 Å². The van der Waals surface area contributed by atoms with Gasteiger partial charge in [-0.25, -0.2) is 9.98 Å². The van der Waals surface area contributed by atoms with E-state index >= 15 is 0 Å². The van der Waals surface area contributed by atoms with Gasteiger partial charge in [-0.1, -0.05) is 19.8 Å². The normalized spacial score (nSPS) is 17.3. The van der Waals surface area contributed by atoms with Crippen molar-refractivity contribution < 1.29 is 14.3 Å². The zero-order valence-corrected chi connectivity index (χ0v) is 17.6. The molecule has 1 N–H and O–H groups in total. The van der Waals surface area contributed by atoms with Crippen molar-refractivity contribution in [3.05, 3.63) is 36.4 Å². The first kappa shape index (κ1) is 20.3. The van der Waals surface area contributed by atoms with E-state index in [-0.39, 0.29) is 11.9 Å². The maximum absolute atomic E-state index is 12.2. The molecule has 160 valence electrons. The number of amides is 1. The van der Waals surface area contributed by atoms with Crippen LogP contribution >= 0.6 is 0 Å². The Kier molecular flexibility index (Phi) is 6.21. The lowest BCUT2D eigenvalue weighted by Crippen LogP contribution is -2.36. The summed E-state index contributed by atoms with van der Waals surface area (Å²) in [7, 11) is 1.66. The molecule has 0 spiro atoms. The summed E-state index contributed by atoms with van der Waals surface area (Å²) in [6.45, 7) is 4.25. The highest BCUT2D eigenvalue weighted by atomic mass is 16.5. The number of unbranched alkanes of at least 4 members (excludes halogenated alkanes) is 3. The van der Waals surface area contributed by atoms with E-state index in [1.54, 1.807) is 7.11 Å². The standard InChI is InChI=1S/C22H29N5O3/c1-3-18-21(28)25-22-24-17-8-9-19(20(29-2)16(17)14-27(18)22)30-13-7-5-4-6-11-26-12-10-23-15-26/h8-10,12,15,18H,3-7,11,13-14H2,1-2H3,(H,24,25,28). The Morgan fingerprint density at radius 1 is 1.23 bits per heavy atom. The number of fused-ring (bicyclic) bond motifs is 2. The number of aromatic nitrogens is 2. The number of aliphatic imine (C=N–C) groups is 1. The fourth-order valence-corrected chi connectivity index (χ4v) is 4.06. The lowest BCUT2D eigenvalue weighted by molar-refractivity contribution is -0.121. The van der Waals surface area contributed by atoms with E-state index in [4.69, 9.17) is 9.47 Å². The number of guanidine groups is 1. The number of benzene rings is 1. The van der Waals surface area contributed by atoms with Gasteiger partial charge in [0.1, 0.15) is 6.04 Å². The number of nitrogens with one attached hydrogen (secondary N) is 1. The highest BCUT2D eigenvalue weighted by molar-refractivity contribution is 6.07. The van der Waals surface area contributed by atoms with Crippen molar-refractivity contribution >= 4 is 17.6 Å². The van der Waals surface area contributed by atoms with Crippen LogP contribution in [0.15, 0.2) is 35.8 Å². The Bertz CT molecular complexity index is 910. The number of hydrogen-bond acceptors (Lipinski definition) is 6. The summed E-state index contributed by atoms with van der Waals surface area (Å²) in [4.78, 5) is 22.9. The Morgan fingerprint density at radius 3 is 2.87 bits per heavy atom. The third-order valence-electron chi connectivity index (χ3n) is 5.66. The monoisotopic (exact) mass is 411 g/mol. The van der Waals surface area contributed by atoms with Crippen molar-refractivity contribution in [3.8, 4) is 11.5 Å². The number of carbonyl (C=O) groups is 1. The number of ether oxygens (including phenoxy) is 2. The molecule has 1 amide bonds. The molecular formula is C22H29N5O3. The van der Waals surface area contributed by atoms with Crippen LogP contribution in [0.1, 0.15) is 44.6 Å². The number of rotatable bonds is 10. The van der Waals surface area contributed by atoms with E-state index in [9.17, 15) is 4.79 Å². The number of carbonyl (C=O) groups excluding carboxylic acids is 1. The lowest BCUT2D eigenvalue weighted by Gasteiger charge is -2.28. The van der Waals surface area contributed by atoms with Gasteiger partial charge in [0, 0.05) is 24.5 Å². The van der Waals surface area contributed by atoms with Crippen LogP contribution in [0, 0.1) is 0 Å². The molecule has 1 aromatic heterocycles. The van der Waals surface area contributed by atoms with Gasteiger partial charge in [-0.05, 0) is 31.4 Å². The fraction of sp³-hybridized carbons (Fsp3) is 0.500. The smallest absolute Gasteiger partial charge is 0.249 e. The molecule has 8 nitrogen and oxygen atoms in total. The van der Waals surface area contributed by atoms with E-state index in [1.807, 2.05) is 42.7 Å². The maximum Gasteiger partial charge on any atom is 0.249 e. The van der Waals surface area contributed by atoms with Gasteiger partial charge in [-0.3, -0.25) is 10.1 Å². The summed E-state index contributed by atoms with van der Waals surface area (Å²) in [6, 6.07) is 3.66. The van der Waals surface area contributed by atoms with E-state index in [0.29, 0.717) is 24.9 Å². The van der Waals surface area contributed by atoms with Gasteiger partial charge in [0.2, 0.25) is 11.9 Å². The van der Waals surface area contributed by atoms with Crippen LogP contribution in [0.25, 0.3) is 0 Å². The summed E-state index contributed by atoms with van der Waals surface area (Å²) in [5.74, 6) is 2.09. The zero-order chi connectivity index (χ0) is 20.9. The molecule has 1 saturated heterocycles. The summed E-state index contributed by atoms with van der Waals surface area (Å²) < 4.78 is 13.8. The number of hydrogen-bond donors (Lipinski definition) is 1. The number of nitrogens with zero attached hydrogens (tertiary/aromatic N) is 4. The Labute approximate surface area is 176 Å². The lowest BCUT2D eigenvalue weighted by atomic mass is 10.1. The molecular weight excluding hydrogens is 382 g/mol. The van der Waals surface area contributed by atoms with Crippen LogP contribution in [-0.4, -0.2) is 46.1 Å². The predicted molar refractivity (Wildman–Crippen MR) is 114 cm³/mol. The minimum Gasteiger partial charge on any atom is -0.492 e. The van der Waals surface area contributed by atoms with Crippen molar-refractivity contribution in [2.24, 2.45) is 4.99 Å². The fourth-order valence-electron chi connectivity index (χ4n) is 4.06. The van der Waals surface area contributed by atoms with E-state index in [2.05, 4.69) is 19.9 Å². The average Bonchev–Trinajstić information content (AvgIpc) is 3.37. The van der Waals surface area contributed by atoms with Crippen molar-refractivity contribution in [3.63, 3.8) is 0 Å². The molecule has 2 aliphatic rings. The Hall–Kier alpha value is -3.03. The van der Waals surface area contributed by atoms with Gasteiger partial charge < -0.3 is 18.9 Å². The molecule has 1 aromatic carbocycles. The first-order valence-corrected chi connectivity index (χ1v) is 10.7. The Balaban J connectivity index is 1.32. The second-order valence-corrected chi connectivity index (χ2v) is 7.63. The number of methoxy groups -OCH3 is 1. The molecule has 1 fully saturated rings. The second-order valence-electron chi connectivity index (χ2n) is 7.63. The first-order chi connectivity index (χ1) is 14.7. The van der Waals surface area contributed by atoms with Gasteiger partial charge in [0.15, 0.2) is 11.5 Å². The minimum absolute atomic E-state index is 0.00698. The van der Waals surface area contributed by atoms with Gasteiger partial charge in [-0.2, -0.15) is 0 Å². The van der Waals surface area contributed by atoms with Gasteiger partial charge >= 0.3 is 0 Å². The van der Waals surface area contributed by atoms with Crippen molar-refractivity contribution in [2.45, 2.75) is 58.2 Å². The molecule has 8 heteroatoms. The van der Waals surface area contributed by atoms with Crippen molar-refractivity contribution in [1.29, 1.82) is 0 Å². The molecule has 30 heavy (non-hydrogen) atoms. The van der Waals surface area contributed by atoms with Gasteiger partial charge in [-0.15, -0.1) is 0 Å². The predicted octanol–water partition coefficient (Wildman–Crippen LogP) is 3.24. The third kappa shape index (κ3) is 4.13.